The molecule has 90 valence electrons. The predicted molar refractivity (Wildman–Crippen MR) is 65.0 cm³/mol. The third-order valence-corrected chi connectivity index (χ3v) is 4.32. The second-order valence-electron chi connectivity index (χ2n) is 5.72. The molecule has 1 heterocycles. The molecule has 0 aromatic heterocycles. The number of hydrogen-bond donors (Lipinski definition) is 0. The standard InChI is InChI=1S/C13H23N3/c1-15-8-3-5-12(9-15)16(2)11-13(10-14)6-4-7-13/h12H,3-9,11H2,1-2H3. The Bertz CT molecular complexity index is 277. The van der Waals surface area contributed by atoms with Crippen molar-refractivity contribution in [1.29, 1.82) is 5.26 Å². The maximum absolute atomic E-state index is 9.25. The molecule has 1 aliphatic carbocycles. The molecule has 0 N–H and O–H groups in total. The second-order valence-corrected chi connectivity index (χ2v) is 5.72. The SMILES string of the molecule is CN1CCCC(N(C)CC2(C#N)CCC2)C1. The van der Waals surface area contributed by atoms with Gasteiger partial charge in [0.05, 0.1) is 11.5 Å². The van der Waals surface area contributed by atoms with Crippen LogP contribution in [0.2, 0.25) is 0 Å². The first-order valence-corrected chi connectivity index (χ1v) is 6.45. The number of likely N-dealkylation sites (tertiary alicyclic amines) is 1. The molecule has 3 heteroatoms. The van der Waals surface area contributed by atoms with E-state index >= 15 is 0 Å². The largest absolute Gasteiger partial charge is 0.305 e. The summed E-state index contributed by atoms with van der Waals surface area (Å²) < 4.78 is 0. The smallest absolute Gasteiger partial charge is 0.0703 e. The van der Waals surface area contributed by atoms with Crippen LogP contribution in [-0.4, -0.2) is 49.6 Å². The first-order valence-electron chi connectivity index (χ1n) is 6.45. The third kappa shape index (κ3) is 2.39. The molecule has 0 spiro atoms. The topological polar surface area (TPSA) is 30.3 Å². The summed E-state index contributed by atoms with van der Waals surface area (Å²) in [7, 11) is 4.39. The maximum atomic E-state index is 9.25. The first-order chi connectivity index (χ1) is 7.65. The van der Waals surface area contributed by atoms with Gasteiger partial charge in [-0.1, -0.05) is 6.42 Å². The van der Waals surface area contributed by atoms with Crippen LogP contribution in [0.5, 0.6) is 0 Å². The van der Waals surface area contributed by atoms with Gasteiger partial charge in [0.1, 0.15) is 0 Å². The van der Waals surface area contributed by atoms with Gasteiger partial charge in [-0.3, -0.25) is 0 Å². The van der Waals surface area contributed by atoms with Gasteiger partial charge in [0.15, 0.2) is 0 Å². The molecule has 1 saturated heterocycles. The summed E-state index contributed by atoms with van der Waals surface area (Å²) in [6.07, 6.45) is 6.05. The highest BCUT2D eigenvalue weighted by Gasteiger charge is 2.39. The van der Waals surface area contributed by atoms with Crippen LogP contribution in [0.25, 0.3) is 0 Å². The molecule has 2 fully saturated rings. The molecule has 0 bridgehead atoms. The Balaban J connectivity index is 1.87. The van der Waals surface area contributed by atoms with E-state index in [-0.39, 0.29) is 5.41 Å². The van der Waals surface area contributed by atoms with E-state index in [1.165, 1.54) is 25.8 Å². The fourth-order valence-electron chi connectivity index (χ4n) is 3.01. The van der Waals surface area contributed by atoms with E-state index in [1.807, 2.05) is 0 Å². The molecular weight excluding hydrogens is 198 g/mol. The van der Waals surface area contributed by atoms with E-state index in [9.17, 15) is 5.26 Å². The monoisotopic (exact) mass is 221 g/mol. The Morgan fingerprint density at radius 2 is 2.19 bits per heavy atom. The average molecular weight is 221 g/mol. The van der Waals surface area contributed by atoms with Gasteiger partial charge in [-0.25, -0.2) is 0 Å². The molecule has 0 amide bonds. The van der Waals surface area contributed by atoms with Crippen molar-refractivity contribution in [3.05, 3.63) is 0 Å². The van der Waals surface area contributed by atoms with Crippen LogP contribution in [0.1, 0.15) is 32.1 Å². The summed E-state index contributed by atoms with van der Waals surface area (Å²) in [5, 5.41) is 9.25. The summed E-state index contributed by atoms with van der Waals surface area (Å²) >= 11 is 0. The molecule has 0 aromatic rings. The zero-order valence-electron chi connectivity index (χ0n) is 10.6. The molecule has 1 aliphatic heterocycles. The lowest BCUT2D eigenvalue weighted by Crippen LogP contribution is -2.49. The quantitative estimate of drug-likeness (QED) is 0.727. The third-order valence-electron chi connectivity index (χ3n) is 4.32. The van der Waals surface area contributed by atoms with Crippen LogP contribution in [-0.2, 0) is 0 Å². The average Bonchev–Trinajstić information content (AvgIpc) is 2.23. The highest BCUT2D eigenvalue weighted by atomic mass is 15.2. The van der Waals surface area contributed by atoms with Crippen LogP contribution in [0, 0.1) is 16.7 Å². The van der Waals surface area contributed by atoms with Crippen molar-refractivity contribution < 1.29 is 0 Å². The Hall–Kier alpha value is -0.590. The van der Waals surface area contributed by atoms with Crippen molar-refractivity contribution in [2.45, 2.75) is 38.1 Å². The number of rotatable bonds is 3. The van der Waals surface area contributed by atoms with E-state index in [0.29, 0.717) is 6.04 Å². The van der Waals surface area contributed by atoms with Gasteiger partial charge in [0.2, 0.25) is 0 Å². The fourth-order valence-corrected chi connectivity index (χ4v) is 3.01. The molecule has 1 saturated carbocycles. The highest BCUT2D eigenvalue weighted by Crippen LogP contribution is 2.41. The molecule has 0 aromatic carbocycles. The lowest BCUT2D eigenvalue weighted by molar-refractivity contribution is 0.0738. The number of nitriles is 1. The van der Waals surface area contributed by atoms with Crippen LogP contribution < -0.4 is 0 Å². The van der Waals surface area contributed by atoms with Gasteiger partial charge < -0.3 is 9.80 Å². The molecule has 0 radical (unpaired) electrons. The molecular formula is C13H23N3. The van der Waals surface area contributed by atoms with Gasteiger partial charge in [-0.15, -0.1) is 0 Å². The van der Waals surface area contributed by atoms with Crippen molar-refractivity contribution in [3.63, 3.8) is 0 Å². The van der Waals surface area contributed by atoms with Gasteiger partial charge in [0.25, 0.3) is 0 Å². The minimum Gasteiger partial charge on any atom is -0.305 e. The van der Waals surface area contributed by atoms with E-state index in [4.69, 9.17) is 0 Å². The van der Waals surface area contributed by atoms with Crippen molar-refractivity contribution >= 4 is 0 Å². The zero-order valence-corrected chi connectivity index (χ0v) is 10.6. The number of nitrogens with zero attached hydrogens (tertiary/aromatic N) is 3. The molecule has 2 aliphatic rings. The fraction of sp³-hybridized carbons (Fsp3) is 0.923. The van der Waals surface area contributed by atoms with E-state index in [0.717, 1.165) is 25.9 Å². The molecule has 2 rings (SSSR count). The van der Waals surface area contributed by atoms with Crippen molar-refractivity contribution in [1.82, 2.24) is 9.80 Å². The summed E-state index contributed by atoms with van der Waals surface area (Å²) in [6, 6.07) is 3.20. The lowest BCUT2D eigenvalue weighted by Gasteiger charge is -2.43. The molecule has 1 unspecified atom stereocenters. The molecule has 1 atom stereocenters. The van der Waals surface area contributed by atoms with Gasteiger partial charge in [0, 0.05) is 19.1 Å². The predicted octanol–water partition coefficient (Wildman–Crippen LogP) is 1.71. The van der Waals surface area contributed by atoms with E-state index < -0.39 is 0 Å². The summed E-state index contributed by atoms with van der Waals surface area (Å²) in [5.74, 6) is 0. The molecule has 16 heavy (non-hydrogen) atoms. The number of piperidine rings is 1. The summed E-state index contributed by atoms with van der Waals surface area (Å²) in [4.78, 5) is 4.84. The van der Waals surface area contributed by atoms with Gasteiger partial charge in [-0.2, -0.15) is 5.26 Å². The van der Waals surface area contributed by atoms with Gasteiger partial charge in [-0.05, 0) is 46.3 Å². The Kier molecular flexibility index (Phi) is 3.51. The Morgan fingerprint density at radius 1 is 1.44 bits per heavy atom. The minimum absolute atomic E-state index is 0.00916. The van der Waals surface area contributed by atoms with E-state index in [1.54, 1.807) is 0 Å². The maximum Gasteiger partial charge on any atom is 0.0703 e. The van der Waals surface area contributed by atoms with Crippen molar-refractivity contribution in [2.75, 3.05) is 33.7 Å². The normalized spacial score (nSPS) is 29.8. The second kappa shape index (κ2) is 4.73. The Labute approximate surface area is 99.0 Å². The van der Waals surface area contributed by atoms with Crippen molar-refractivity contribution in [3.8, 4) is 6.07 Å². The number of likely N-dealkylation sites (N-methyl/N-ethyl adjacent to an activating group) is 2. The van der Waals surface area contributed by atoms with Crippen LogP contribution in [0.15, 0.2) is 0 Å². The van der Waals surface area contributed by atoms with Crippen LogP contribution in [0.4, 0.5) is 0 Å². The van der Waals surface area contributed by atoms with E-state index in [2.05, 4.69) is 30.0 Å². The highest BCUT2D eigenvalue weighted by molar-refractivity contribution is 5.06. The summed E-state index contributed by atoms with van der Waals surface area (Å²) in [5.41, 5.74) is -0.00916. The first kappa shape index (κ1) is 11.9. The summed E-state index contributed by atoms with van der Waals surface area (Å²) in [6.45, 7) is 3.37. The zero-order chi connectivity index (χ0) is 11.6. The Morgan fingerprint density at radius 3 is 2.69 bits per heavy atom. The lowest BCUT2D eigenvalue weighted by atomic mass is 9.69. The molecule has 3 nitrogen and oxygen atoms in total. The minimum atomic E-state index is -0.00916. The van der Waals surface area contributed by atoms with Crippen molar-refractivity contribution in [2.24, 2.45) is 5.41 Å². The number of hydrogen-bond acceptors (Lipinski definition) is 3. The van der Waals surface area contributed by atoms with Crippen LogP contribution in [0.3, 0.4) is 0 Å². The van der Waals surface area contributed by atoms with Crippen LogP contribution >= 0.6 is 0 Å². The van der Waals surface area contributed by atoms with Gasteiger partial charge >= 0.3 is 0 Å².